The molecule has 0 radical (unpaired) electrons. The van der Waals surface area contributed by atoms with Crippen LogP contribution in [0.4, 0.5) is 0 Å². The zero-order valence-corrected chi connectivity index (χ0v) is 16.0. The van der Waals surface area contributed by atoms with Crippen molar-refractivity contribution in [2.24, 2.45) is 5.10 Å². The number of hydrogen-bond acceptors (Lipinski definition) is 7. The summed E-state index contributed by atoms with van der Waals surface area (Å²) in [6.07, 6.45) is -0.922. The Kier molecular flexibility index (Phi) is 4.42. The lowest BCUT2D eigenvalue weighted by atomic mass is 10.1. The average molecular weight is 394 g/mol. The van der Waals surface area contributed by atoms with Gasteiger partial charge in [-0.1, -0.05) is 12.1 Å². The Balaban J connectivity index is 1.81. The monoisotopic (exact) mass is 394 g/mol. The van der Waals surface area contributed by atoms with E-state index in [1.807, 2.05) is 0 Å². The van der Waals surface area contributed by atoms with Gasteiger partial charge in [0.05, 0.1) is 18.0 Å². The van der Waals surface area contributed by atoms with Crippen LogP contribution in [0, 0.1) is 6.92 Å². The SMILES string of the molecule is COc1cc(C2OC(n3c(C)nc4ccccc4c3=O)=NN2C(C)=O)ccc1O. The van der Waals surface area contributed by atoms with Gasteiger partial charge in [0.1, 0.15) is 5.82 Å². The minimum atomic E-state index is -0.922. The molecule has 9 heteroatoms. The molecule has 1 unspecified atom stereocenters. The number of ether oxygens (including phenoxy) is 2. The molecule has 1 atom stereocenters. The summed E-state index contributed by atoms with van der Waals surface area (Å²) < 4.78 is 12.3. The van der Waals surface area contributed by atoms with Gasteiger partial charge < -0.3 is 14.6 Å². The topological polar surface area (TPSA) is 106 Å². The van der Waals surface area contributed by atoms with Crippen LogP contribution in [0.5, 0.6) is 11.5 Å². The van der Waals surface area contributed by atoms with E-state index in [2.05, 4.69) is 10.1 Å². The number of methoxy groups -OCH3 is 1. The summed E-state index contributed by atoms with van der Waals surface area (Å²) in [4.78, 5) is 29.6. The molecule has 0 saturated carbocycles. The first-order valence-electron chi connectivity index (χ1n) is 8.81. The predicted octanol–water partition coefficient (Wildman–Crippen LogP) is 2.12. The van der Waals surface area contributed by atoms with Crippen molar-refractivity contribution in [2.45, 2.75) is 20.1 Å². The summed E-state index contributed by atoms with van der Waals surface area (Å²) in [5.74, 6) is 0.177. The number of phenols is 1. The van der Waals surface area contributed by atoms with Crippen molar-refractivity contribution >= 4 is 22.8 Å². The second-order valence-electron chi connectivity index (χ2n) is 6.46. The molecule has 0 fully saturated rings. The second-order valence-corrected chi connectivity index (χ2v) is 6.46. The first-order valence-corrected chi connectivity index (χ1v) is 8.81. The van der Waals surface area contributed by atoms with E-state index in [-0.39, 0.29) is 29.0 Å². The van der Waals surface area contributed by atoms with Crippen molar-refractivity contribution < 1.29 is 19.4 Å². The highest BCUT2D eigenvalue weighted by Crippen LogP contribution is 2.34. The summed E-state index contributed by atoms with van der Waals surface area (Å²) in [7, 11) is 1.42. The number of phenolic OH excluding ortho intramolecular Hbond substituents is 1. The first kappa shape index (κ1) is 18.5. The van der Waals surface area contributed by atoms with Crippen LogP contribution in [0.3, 0.4) is 0 Å². The van der Waals surface area contributed by atoms with Crippen molar-refractivity contribution in [3.05, 3.63) is 64.2 Å². The summed E-state index contributed by atoms with van der Waals surface area (Å²) >= 11 is 0. The number of aromatic hydroxyl groups is 1. The van der Waals surface area contributed by atoms with Crippen LogP contribution in [0.25, 0.3) is 10.9 Å². The van der Waals surface area contributed by atoms with Crippen LogP contribution in [-0.4, -0.2) is 38.7 Å². The van der Waals surface area contributed by atoms with Gasteiger partial charge in [-0.2, -0.15) is 5.01 Å². The molecule has 4 rings (SSSR count). The van der Waals surface area contributed by atoms with E-state index in [0.29, 0.717) is 22.3 Å². The van der Waals surface area contributed by atoms with E-state index < -0.39 is 6.23 Å². The Morgan fingerprint density at radius 3 is 2.72 bits per heavy atom. The molecule has 1 aliphatic rings. The van der Waals surface area contributed by atoms with Gasteiger partial charge in [0.15, 0.2) is 11.5 Å². The number of para-hydroxylation sites is 1. The number of fused-ring (bicyclic) bond motifs is 1. The molecule has 0 saturated heterocycles. The van der Waals surface area contributed by atoms with Gasteiger partial charge in [0.2, 0.25) is 12.1 Å². The summed E-state index contributed by atoms with van der Waals surface area (Å²) in [6, 6.07) is 11.5. The van der Waals surface area contributed by atoms with E-state index in [0.717, 1.165) is 5.01 Å². The Labute approximate surface area is 165 Å². The molecule has 1 aromatic heterocycles. The lowest BCUT2D eigenvalue weighted by molar-refractivity contribution is -0.135. The van der Waals surface area contributed by atoms with Crippen molar-refractivity contribution in [2.75, 3.05) is 7.11 Å². The van der Waals surface area contributed by atoms with Crippen molar-refractivity contribution in [1.82, 2.24) is 14.6 Å². The number of hydrogen-bond donors (Lipinski definition) is 1. The standard InChI is InChI=1S/C20H18N4O5/c1-11-21-15-7-5-4-6-14(15)18(27)23(11)20-22-24(12(2)25)19(29-20)13-8-9-16(26)17(10-13)28-3/h4-10,19,26H,1-3H3. The highest BCUT2D eigenvalue weighted by molar-refractivity contribution is 5.86. The zero-order valence-electron chi connectivity index (χ0n) is 16.0. The number of rotatable bonds is 2. The zero-order chi connectivity index (χ0) is 20.7. The van der Waals surface area contributed by atoms with Gasteiger partial charge in [0.25, 0.3) is 5.56 Å². The van der Waals surface area contributed by atoms with Crippen molar-refractivity contribution in [3.8, 4) is 11.5 Å². The molecule has 1 amide bonds. The molecule has 148 valence electrons. The minimum Gasteiger partial charge on any atom is -0.504 e. The Morgan fingerprint density at radius 2 is 2.00 bits per heavy atom. The fraction of sp³-hybridized carbons (Fsp3) is 0.200. The van der Waals surface area contributed by atoms with Gasteiger partial charge in [-0.05, 0) is 37.3 Å². The van der Waals surface area contributed by atoms with Crippen molar-refractivity contribution in [1.29, 1.82) is 0 Å². The third-order valence-electron chi connectivity index (χ3n) is 4.58. The number of nitrogens with zero attached hydrogens (tertiary/aromatic N) is 4. The summed E-state index contributed by atoms with van der Waals surface area (Å²) in [5.41, 5.74) is 0.737. The van der Waals surface area contributed by atoms with Gasteiger partial charge >= 0.3 is 6.02 Å². The largest absolute Gasteiger partial charge is 0.504 e. The molecule has 0 aliphatic carbocycles. The third kappa shape index (κ3) is 3.06. The second kappa shape index (κ2) is 6.93. The molecular formula is C20H18N4O5. The molecule has 1 N–H and O–H groups in total. The Hall–Kier alpha value is -3.88. The smallest absolute Gasteiger partial charge is 0.324 e. The molecule has 3 aromatic rings. The van der Waals surface area contributed by atoms with Gasteiger partial charge in [-0.15, -0.1) is 5.10 Å². The number of aromatic nitrogens is 2. The fourth-order valence-corrected chi connectivity index (χ4v) is 3.18. The molecular weight excluding hydrogens is 376 g/mol. The van der Waals surface area contributed by atoms with E-state index in [1.165, 1.54) is 24.7 Å². The number of carbonyl (C=O) groups excluding carboxylic acids is 1. The molecule has 2 heterocycles. The number of aryl methyl sites for hydroxylation is 1. The molecule has 9 nitrogen and oxygen atoms in total. The molecule has 0 bridgehead atoms. The van der Waals surface area contributed by atoms with E-state index in [4.69, 9.17) is 9.47 Å². The lowest BCUT2D eigenvalue weighted by Crippen LogP contribution is -2.31. The highest BCUT2D eigenvalue weighted by atomic mass is 16.5. The maximum atomic E-state index is 13.0. The molecule has 0 spiro atoms. The molecule has 29 heavy (non-hydrogen) atoms. The predicted molar refractivity (Wildman–Crippen MR) is 105 cm³/mol. The average Bonchev–Trinajstić information content (AvgIpc) is 3.13. The minimum absolute atomic E-state index is 0.0458. The molecule has 1 aliphatic heterocycles. The Bertz CT molecular complexity index is 1220. The molecule has 2 aromatic carbocycles. The summed E-state index contributed by atoms with van der Waals surface area (Å²) in [6.45, 7) is 3.00. The van der Waals surface area contributed by atoms with Crippen LogP contribution in [-0.2, 0) is 9.53 Å². The third-order valence-corrected chi connectivity index (χ3v) is 4.58. The van der Waals surface area contributed by atoms with Crippen LogP contribution in [0.2, 0.25) is 0 Å². The quantitative estimate of drug-likeness (QED) is 0.714. The van der Waals surface area contributed by atoms with E-state index in [1.54, 1.807) is 43.3 Å². The van der Waals surface area contributed by atoms with Crippen LogP contribution in [0.15, 0.2) is 52.4 Å². The van der Waals surface area contributed by atoms with Gasteiger partial charge in [-0.25, -0.2) is 9.55 Å². The number of benzene rings is 2. The summed E-state index contributed by atoms with van der Waals surface area (Å²) in [5, 5.41) is 15.6. The maximum absolute atomic E-state index is 13.0. The lowest BCUT2D eigenvalue weighted by Gasteiger charge is -2.20. The number of amides is 1. The van der Waals surface area contributed by atoms with Gasteiger partial charge in [0, 0.05) is 12.5 Å². The van der Waals surface area contributed by atoms with E-state index in [9.17, 15) is 14.7 Å². The maximum Gasteiger partial charge on any atom is 0.324 e. The Morgan fingerprint density at radius 1 is 1.24 bits per heavy atom. The fourth-order valence-electron chi connectivity index (χ4n) is 3.18. The van der Waals surface area contributed by atoms with Crippen LogP contribution in [0.1, 0.15) is 24.5 Å². The van der Waals surface area contributed by atoms with Gasteiger partial charge in [-0.3, -0.25) is 9.59 Å². The van der Waals surface area contributed by atoms with Crippen LogP contribution >= 0.6 is 0 Å². The van der Waals surface area contributed by atoms with Crippen molar-refractivity contribution in [3.63, 3.8) is 0 Å². The number of hydrazone groups is 1. The first-order chi connectivity index (χ1) is 13.9. The normalized spacial score (nSPS) is 15.9. The van der Waals surface area contributed by atoms with Crippen LogP contribution < -0.4 is 10.3 Å². The van der Waals surface area contributed by atoms with E-state index >= 15 is 0 Å². The number of carbonyl (C=O) groups is 1. The highest BCUT2D eigenvalue weighted by Gasteiger charge is 2.35.